The van der Waals surface area contributed by atoms with E-state index in [1.165, 1.54) is 0 Å². The second kappa shape index (κ2) is 5.44. The largest absolute Gasteiger partial charge is 0.458 e. The lowest BCUT2D eigenvalue weighted by Crippen LogP contribution is -2.67. The molecule has 2 aliphatic heterocycles. The topological polar surface area (TPSA) is 72.8 Å². The molecule has 136 valence electrons. The van der Waals surface area contributed by atoms with Crippen LogP contribution in [-0.4, -0.2) is 35.9 Å². The first-order valence-electron chi connectivity index (χ1n) is 9.24. The minimum atomic E-state index is -0.652. The second-order valence-electron chi connectivity index (χ2n) is 8.55. The zero-order valence-corrected chi connectivity index (χ0v) is 15.1. The van der Waals surface area contributed by atoms with E-state index >= 15 is 0 Å². The van der Waals surface area contributed by atoms with E-state index < -0.39 is 17.6 Å². The van der Waals surface area contributed by atoms with Crippen molar-refractivity contribution in [1.82, 2.24) is 0 Å². The van der Waals surface area contributed by atoms with Crippen LogP contribution in [0.15, 0.2) is 23.3 Å². The van der Waals surface area contributed by atoms with Gasteiger partial charge in [0.05, 0.1) is 0 Å². The van der Waals surface area contributed by atoms with Crippen molar-refractivity contribution in [3.63, 3.8) is 0 Å². The maximum Gasteiger partial charge on any atom is 0.334 e. The van der Waals surface area contributed by atoms with E-state index in [2.05, 4.69) is 13.8 Å². The summed E-state index contributed by atoms with van der Waals surface area (Å²) in [4.78, 5) is 23.8. The number of esters is 2. The molecule has 0 radical (unpaired) electrons. The smallest absolute Gasteiger partial charge is 0.334 e. The lowest BCUT2D eigenvalue weighted by atomic mass is 9.44. The van der Waals surface area contributed by atoms with Crippen LogP contribution in [0, 0.1) is 22.7 Å². The first kappa shape index (κ1) is 16.8. The monoisotopic (exact) mass is 346 g/mol. The van der Waals surface area contributed by atoms with Crippen LogP contribution >= 0.6 is 0 Å². The predicted octanol–water partition coefficient (Wildman–Crippen LogP) is 2.53. The van der Waals surface area contributed by atoms with Gasteiger partial charge in [0, 0.05) is 23.0 Å². The molecule has 4 aliphatic rings. The minimum absolute atomic E-state index is 0.0581. The van der Waals surface area contributed by atoms with Gasteiger partial charge in [-0.15, -0.1) is 0 Å². The van der Waals surface area contributed by atoms with Crippen molar-refractivity contribution in [2.24, 2.45) is 22.7 Å². The first-order valence-corrected chi connectivity index (χ1v) is 9.24. The summed E-state index contributed by atoms with van der Waals surface area (Å²) in [6.07, 6.45) is 5.94. The maximum atomic E-state index is 12.5. The van der Waals surface area contributed by atoms with E-state index in [1.807, 2.05) is 13.0 Å². The van der Waals surface area contributed by atoms with E-state index in [0.717, 1.165) is 31.3 Å². The van der Waals surface area contributed by atoms with Crippen LogP contribution < -0.4 is 0 Å². The van der Waals surface area contributed by atoms with Gasteiger partial charge in [0.25, 0.3) is 0 Å². The molecule has 0 aromatic heterocycles. The van der Waals surface area contributed by atoms with Gasteiger partial charge in [-0.2, -0.15) is 0 Å². The highest BCUT2D eigenvalue weighted by atomic mass is 16.6. The van der Waals surface area contributed by atoms with Gasteiger partial charge in [0.1, 0.15) is 18.8 Å². The van der Waals surface area contributed by atoms with Gasteiger partial charge in [0.2, 0.25) is 0 Å². The van der Waals surface area contributed by atoms with Crippen molar-refractivity contribution in [3.05, 3.63) is 23.3 Å². The van der Waals surface area contributed by atoms with Crippen LogP contribution in [0.5, 0.6) is 0 Å². The summed E-state index contributed by atoms with van der Waals surface area (Å²) in [5.74, 6) is -0.239. The first-order chi connectivity index (χ1) is 11.8. The second-order valence-corrected chi connectivity index (χ2v) is 8.55. The summed E-state index contributed by atoms with van der Waals surface area (Å²) in [5, 5.41) is 11.0. The van der Waals surface area contributed by atoms with Crippen LogP contribution in [0.25, 0.3) is 0 Å². The molecule has 0 spiro atoms. The van der Waals surface area contributed by atoms with Crippen LogP contribution in [0.4, 0.5) is 0 Å². The molecule has 2 bridgehead atoms. The van der Waals surface area contributed by atoms with Gasteiger partial charge >= 0.3 is 11.9 Å². The zero-order valence-electron chi connectivity index (χ0n) is 15.1. The summed E-state index contributed by atoms with van der Waals surface area (Å²) in [6, 6.07) is 0. The van der Waals surface area contributed by atoms with Crippen LogP contribution in [0.1, 0.15) is 46.5 Å². The van der Waals surface area contributed by atoms with Crippen molar-refractivity contribution in [2.75, 3.05) is 6.61 Å². The number of ether oxygens (including phenoxy) is 2. The van der Waals surface area contributed by atoms with Gasteiger partial charge in [-0.25, -0.2) is 9.59 Å². The van der Waals surface area contributed by atoms with E-state index in [9.17, 15) is 14.7 Å². The maximum absolute atomic E-state index is 12.5. The van der Waals surface area contributed by atoms with Crippen LogP contribution in [0.2, 0.25) is 0 Å². The Balaban J connectivity index is 1.69. The number of allylic oxidation sites excluding steroid dienone is 1. The summed E-state index contributed by atoms with van der Waals surface area (Å²) >= 11 is 0. The van der Waals surface area contributed by atoms with Crippen molar-refractivity contribution < 1.29 is 24.2 Å². The third kappa shape index (κ3) is 2.17. The molecule has 1 N–H and O–H groups in total. The Morgan fingerprint density at radius 1 is 1.32 bits per heavy atom. The standard InChI is InChI=1S/C20H26O5/c1-11-16-17(22)20(3)13(18(23)25-16)5-4-6-14(20)19(11,2)8-7-12-9-15(21)24-10-12/h5,9,11,14,16-17,22H,4,6-8,10H2,1-3H3. The summed E-state index contributed by atoms with van der Waals surface area (Å²) in [6.45, 7) is 6.78. The SMILES string of the molecule is CC1C2OC(=O)C3=CCCC(C1(C)CCC1=CC(=O)OC1)C3(C)C2O. The third-order valence-electron chi connectivity index (χ3n) is 7.53. The number of carbonyl (C=O) groups excluding carboxylic acids is 2. The number of fused-ring (bicyclic) bond motifs is 1. The fourth-order valence-corrected chi connectivity index (χ4v) is 5.84. The molecule has 1 saturated carbocycles. The molecule has 0 aromatic rings. The molecule has 0 aromatic carbocycles. The molecule has 1 saturated heterocycles. The van der Waals surface area contributed by atoms with Crippen LogP contribution in [-0.2, 0) is 19.1 Å². The molecule has 2 fully saturated rings. The van der Waals surface area contributed by atoms with Crippen molar-refractivity contribution in [2.45, 2.75) is 58.7 Å². The average Bonchev–Trinajstić information content (AvgIpc) is 3.00. The van der Waals surface area contributed by atoms with Gasteiger partial charge in [-0.1, -0.05) is 26.8 Å². The van der Waals surface area contributed by atoms with E-state index in [-0.39, 0.29) is 29.2 Å². The zero-order chi connectivity index (χ0) is 18.0. The van der Waals surface area contributed by atoms with E-state index in [4.69, 9.17) is 9.47 Å². The predicted molar refractivity (Wildman–Crippen MR) is 90.3 cm³/mol. The minimum Gasteiger partial charge on any atom is -0.458 e. The molecular formula is C20H26O5. The van der Waals surface area contributed by atoms with Crippen molar-refractivity contribution in [1.29, 1.82) is 0 Å². The molecule has 2 heterocycles. The molecular weight excluding hydrogens is 320 g/mol. The fraction of sp³-hybridized carbons (Fsp3) is 0.700. The molecule has 0 amide bonds. The summed E-state index contributed by atoms with van der Waals surface area (Å²) in [5.41, 5.74) is 1.06. The summed E-state index contributed by atoms with van der Waals surface area (Å²) < 4.78 is 10.7. The number of aliphatic hydroxyl groups is 1. The normalized spacial score (nSPS) is 45.4. The average molecular weight is 346 g/mol. The van der Waals surface area contributed by atoms with Gasteiger partial charge < -0.3 is 14.6 Å². The number of hydrogen-bond acceptors (Lipinski definition) is 5. The lowest BCUT2D eigenvalue weighted by Gasteiger charge is -2.63. The lowest BCUT2D eigenvalue weighted by molar-refractivity contribution is -0.229. The van der Waals surface area contributed by atoms with Gasteiger partial charge in [-0.05, 0) is 42.6 Å². The molecule has 6 unspecified atom stereocenters. The number of rotatable bonds is 3. The Hall–Kier alpha value is -1.62. The molecule has 25 heavy (non-hydrogen) atoms. The fourth-order valence-electron chi connectivity index (χ4n) is 5.84. The highest BCUT2D eigenvalue weighted by Crippen LogP contribution is 2.64. The quantitative estimate of drug-likeness (QED) is 0.795. The van der Waals surface area contributed by atoms with Crippen LogP contribution in [0.3, 0.4) is 0 Å². The molecule has 4 rings (SSSR count). The molecule has 5 nitrogen and oxygen atoms in total. The Bertz CT molecular complexity index is 692. The number of hydrogen-bond donors (Lipinski definition) is 1. The molecule has 2 aliphatic carbocycles. The van der Waals surface area contributed by atoms with Gasteiger partial charge in [0.15, 0.2) is 0 Å². The highest BCUT2D eigenvalue weighted by Gasteiger charge is 2.66. The Morgan fingerprint density at radius 3 is 2.76 bits per heavy atom. The number of carbonyl (C=O) groups is 2. The Morgan fingerprint density at radius 2 is 2.08 bits per heavy atom. The number of cyclic esters (lactones) is 1. The Kier molecular flexibility index (Phi) is 3.66. The molecule has 6 atom stereocenters. The highest BCUT2D eigenvalue weighted by molar-refractivity contribution is 5.92. The van der Waals surface area contributed by atoms with E-state index in [1.54, 1.807) is 6.08 Å². The Labute approximate surface area is 148 Å². The third-order valence-corrected chi connectivity index (χ3v) is 7.53. The van der Waals surface area contributed by atoms with Crippen molar-refractivity contribution >= 4 is 11.9 Å². The number of aliphatic hydroxyl groups excluding tert-OH is 1. The van der Waals surface area contributed by atoms with Crippen molar-refractivity contribution in [3.8, 4) is 0 Å². The van der Waals surface area contributed by atoms with E-state index in [0.29, 0.717) is 12.2 Å². The van der Waals surface area contributed by atoms with Gasteiger partial charge in [-0.3, -0.25) is 0 Å². The summed E-state index contributed by atoms with van der Waals surface area (Å²) in [7, 11) is 0. The molecule has 5 heteroatoms.